The average molecular weight is 482 g/mol. The molecule has 0 radical (unpaired) electrons. The van der Waals surface area contributed by atoms with Crippen LogP contribution in [0.15, 0.2) is 73.1 Å². The Labute approximate surface area is 209 Å². The fraction of sp³-hybridized carbons (Fsp3) is 0.222. The van der Waals surface area contributed by atoms with E-state index >= 15 is 0 Å². The van der Waals surface area contributed by atoms with Crippen molar-refractivity contribution in [3.63, 3.8) is 0 Å². The zero-order valence-electron chi connectivity index (χ0n) is 20.4. The monoisotopic (exact) mass is 481 g/mol. The maximum absolute atomic E-state index is 13.6. The minimum Gasteiger partial charge on any atom is -0.354 e. The van der Waals surface area contributed by atoms with E-state index in [2.05, 4.69) is 15.4 Å². The van der Waals surface area contributed by atoms with Gasteiger partial charge in [0.15, 0.2) is 0 Å². The SMILES string of the molecule is CC(=O)NCC(c1ccccc1)N1Cc2ccc(-c3ccnc(N(C)c4ccnn4C)n3)cc2C1=O. The summed E-state index contributed by atoms with van der Waals surface area (Å²) in [4.78, 5) is 38.0. The molecule has 5 rings (SSSR count). The van der Waals surface area contributed by atoms with E-state index < -0.39 is 0 Å². The molecule has 1 unspecified atom stereocenters. The van der Waals surface area contributed by atoms with Crippen LogP contribution in [0.3, 0.4) is 0 Å². The third-order valence-electron chi connectivity index (χ3n) is 6.42. The van der Waals surface area contributed by atoms with Crippen LogP contribution >= 0.6 is 0 Å². The maximum atomic E-state index is 13.6. The molecule has 2 amide bonds. The minimum atomic E-state index is -0.267. The molecule has 9 heteroatoms. The molecule has 1 N–H and O–H groups in total. The molecule has 1 atom stereocenters. The highest BCUT2D eigenvalue weighted by Gasteiger charge is 2.34. The Kier molecular flexibility index (Phi) is 6.20. The van der Waals surface area contributed by atoms with Crippen molar-refractivity contribution >= 4 is 23.6 Å². The van der Waals surface area contributed by atoms with Gasteiger partial charge in [-0.25, -0.2) is 9.97 Å². The Hall–Kier alpha value is -4.53. The first-order valence-electron chi connectivity index (χ1n) is 11.7. The molecule has 1 aliphatic heterocycles. The van der Waals surface area contributed by atoms with Gasteiger partial charge >= 0.3 is 0 Å². The lowest BCUT2D eigenvalue weighted by Crippen LogP contribution is -2.37. The molecule has 2 aromatic carbocycles. The number of nitrogens with zero attached hydrogens (tertiary/aromatic N) is 6. The Balaban J connectivity index is 1.43. The molecule has 2 aromatic heterocycles. The largest absolute Gasteiger partial charge is 0.354 e. The summed E-state index contributed by atoms with van der Waals surface area (Å²) in [6.45, 7) is 2.31. The van der Waals surface area contributed by atoms with Crippen molar-refractivity contribution in [3.05, 3.63) is 89.7 Å². The summed E-state index contributed by atoms with van der Waals surface area (Å²) in [7, 11) is 3.75. The number of benzene rings is 2. The van der Waals surface area contributed by atoms with E-state index in [0.29, 0.717) is 24.6 Å². The number of carbonyl (C=O) groups is 2. The normalized spacial score (nSPS) is 13.4. The molecular weight excluding hydrogens is 454 g/mol. The summed E-state index contributed by atoms with van der Waals surface area (Å²) in [5.41, 5.74) is 4.14. The fourth-order valence-electron chi connectivity index (χ4n) is 4.53. The van der Waals surface area contributed by atoms with Crippen molar-refractivity contribution in [3.8, 4) is 11.3 Å². The van der Waals surface area contributed by atoms with Crippen molar-refractivity contribution in [2.24, 2.45) is 7.05 Å². The summed E-state index contributed by atoms with van der Waals surface area (Å²) >= 11 is 0. The number of rotatable bonds is 7. The quantitative estimate of drug-likeness (QED) is 0.434. The average Bonchev–Trinajstić information content (AvgIpc) is 3.47. The Bertz CT molecular complexity index is 1420. The number of hydrogen-bond donors (Lipinski definition) is 1. The van der Waals surface area contributed by atoms with Crippen LogP contribution in [-0.4, -0.2) is 50.1 Å². The summed E-state index contributed by atoms with van der Waals surface area (Å²) < 4.78 is 1.75. The van der Waals surface area contributed by atoms with Crippen molar-refractivity contribution in [2.75, 3.05) is 18.5 Å². The van der Waals surface area contributed by atoms with Gasteiger partial charge in [-0.15, -0.1) is 0 Å². The van der Waals surface area contributed by atoms with Crippen molar-refractivity contribution in [1.29, 1.82) is 0 Å². The predicted octanol–water partition coefficient (Wildman–Crippen LogP) is 3.48. The van der Waals surface area contributed by atoms with Crippen molar-refractivity contribution in [2.45, 2.75) is 19.5 Å². The highest BCUT2D eigenvalue weighted by molar-refractivity contribution is 5.99. The standard InChI is InChI=1S/C27H27N7O2/c1-18(35)29-16-24(19-7-5-4-6-8-19)34-17-21-10-9-20(15-22(21)26(34)36)23-11-13-28-27(31-23)32(2)25-12-14-30-33(25)3/h4-15,24H,16-17H2,1-3H3,(H,29,35). The second kappa shape index (κ2) is 9.61. The number of aryl methyl sites for hydroxylation is 1. The van der Waals surface area contributed by atoms with Gasteiger partial charge in [0.05, 0.1) is 17.9 Å². The van der Waals surface area contributed by atoms with Crippen LogP contribution in [0.5, 0.6) is 0 Å². The summed E-state index contributed by atoms with van der Waals surface area (Å²) in [6.07, 6.45) is 3.44. The predicted molar refractivity (Wildman–Crippen MR) is 136 cm³/mol. The van der Waals surface area contributed by atoms with Crippen LogP contribution in [0.2, 0.25) is 0 Å². The molecule has 36 heavy (non-hydrogen) atoms. The van der Waals surface area contributed by atoms with Crippen LogP contribution in [0.1, 0.15) is 34.5 Å². The maximum Gasteiger partial charge on any atom is 0.255 e. The number of aromatic nitrogens is 4. The third-order valence-corrected chi connectivity index (χ3v) is 6.42. The van der Waals surface area contributed by atoms with E-state index in [9.17, 15) is 9.59 Å². The molecule has 0 spiro atoms. The third kappa shape index (κ3) is 4.43. The zero-order valence-corrected chi connectivity index (χ0v) is 20.4. The van der Waals surface area contributed by atoms with Gasteiger partial charge in [-0.3, -0.25) is 19.2 Å². The molecule has 0 saturated heterocycles. The van der Waals surface area contributed by atoms with Gasteiger partial charge in [0.1, 0.15) is 5.82 Å². The molecule has 0 bridgehead atoms. The zero-order chi connectivity index (χ0) is 25.2. The lowest BCUT2D eigenvalue weighted by atomic mass is 10.0. The van der Waals surface area contributed by atoms with Gasteiger partial charge in [-0.05, 0) is 23.3 Å². The van der Waals surface area contributed by atoms with E-state index in [-0.39, 0.29) is 17.9 Å². The highest BCUT2D eigenvalue weighted by Crippen LogP contribution is 2.34. The van der Waals surface area contributed by atoms with Gasteiger partial charge in [0, 0.05) is 57.5 Å². The second-order valence-electron chi connectivity index (χ2n) is 8.78. The first-order valence-corrected chi connectivity index (χ1v) is 11.7. The van der Waals surface area contributed by atoms with E-state index in [1.807, 2.05) is 84.6 Å². The molecular formula is C27H27N7O2. The molecule has 9 nitrogen and oxygen atoms in total. The van der Waals surface area contributed by atoms with Gasteiger partial charge in [-0.2, -0.15) is 5.10 Å². The summed E-state index contributed by atoms with van der Waals surface area (Å²) in [5.74, 6) is 1.20. The molecule has 1 aliphatic rings. The molecule has 0 fully saturated rings. The fourth-order valence-corrected chi connectivity index (χ4v) is 4.53. The number of hydrogen-bond acceptors (Lipinski definition) is 6. The lowest BCUT2D eigenvalue weighted by molar-refractivity contribution is -0.119. The molecule has 0 saturated carbocycles. The first-order chi connectivity index (χ1) is 17.4. The van der Waals surface area contributed by atoms with E-state index in [1.165, 1.54) is 6.92 Å². The summed E-state index contributed by atoms with van der Waals surface area (Å²) in [5, 5.41) is 7.09. The second-order valence-corrected chi connectivity index (χ2v) is 8.78. The van der Waals surface area contributed by atoms with Crippen LogP contribution in [-0.2, 0) is 18.4 Å². The van der Waals surface area contributed by atoms with Gasteiger partial charge in [0.25, 0.3) is 5.91 Å². The summed E-state index contributed by atoms with van der Waals surface area (Å²) in [6, 6.07) is 19.1. The van der Waals surface area contributed by atoms with Crippen LogP contribution in [0, 0.1) is 0 Å². The number of anilines is 2. The smallest absolute Gasteiger partial charge is 0.255 e. The Morgan fingerprint density at radius 1 is 1.11 bits per heavy atom. The lowest BCUT2D eigenvalue weighted by Gasteiger charge is -2.28. The number of carbonyl (C=O) groups excluding carboxylic acids is 2. The van der Waals surface area contributed by atoms with Gasteiger partial charge in [0.2, 0.25) is 11.9 Å². The number of nitrogens with one attached hydrogen (secondary N) is 1. The highest BCUT2D eigenvalue weighted by atomic mass is 16.2. The van der Waals surface area contributed by atoms with Crippen LogP contribution < -0.4 is 10.2 Å². The van der Waals surface area contributed by atoms with Crippen LogP contribution in [0.4, 0.5) is 11.8 Å². The molecule has 0 aliphatic carbocycles. The number of fused-ring (bicyclic) bond motifs is 1. The molecule has 182 valence electrons. The van der Waals surface area contributed by atoms with Crippen LogP contribution in [0.25, 0.3) is 11.3 Å². The molecule has 4 aromatic rings. The van der Waals surface area contributed by atoms with Gasteiger partial charge < -0.3 is 10.2 Å². The van der Waals surface area contributed by atoms with Gasteiger partial charge in [-0.1, -0.05) is 42.5 Å². The Morgan fingerprint density at radius 3 is 2.64 bits per heavy atom. The topological polar surface area (TPSA) is 96.2 Å². The van der Waals surface area contributed by atoms with Crippen molar-refractivity contribution in [1.82, 2.24) is 30.0 Å². The molecule has 3 heterocycles. The Morgan fingerprint density at radius 2 is 1.92 bits per heavy atom. The minimum absolute atomic E-state index is 0.0627. The van der Waals surface area contributed by atoms with E-state index in [0.717, 1.165) is 28.2 Å². The van der Waals surface area contributed by atoms with E-state index in [1.54, 1.807) is 17.1 Å². The van der Waals surface area contributed by atoms with Crippen molar-refractivity contribution < 1.29 is 9.59 Å². The first kappa shape index (κ1) is 23.2. The number of amides is 2. The van der Waals surface area contributed by atoms with E-state index in [4.69, 9.17) is 4.98 Å².